The van der Waals surface area contributed by atoms with Gasteiger partial charge in [-0.3, -0.25) is 4.79 Å². The molecule has 1 aromatic carbocycles. The topological polar surface area (TPSA) is 20.3 Å². The molecule has 0 aliphatic carbocycles. The number of carbonyl (C=O) groups is 1. The lowest BCUT2D eigenvalue weighted by molar-refractivity contribution is 0.0773. The highest BCUT2D eigenvalue weighted by Gasteiger charge is 2.30. The number of benzene rings is 1. The van der Waals surface area contributed by atoms with E-state index in [4.69, 9.17) is 0 Å². The molecule has 1 heterocycles. The van der Waals surface area contributed by atoms with E-state index in [9.17, 15) is 18.0 Å². The molecule has 1 aromatic rings. The first kappa shape index (κ1) is 12.7. The second kappa shape index (κ2) is 4.83. The minimum absolute atomic E-state index is 0.0941. The van der Waals surface area contributed by atoms with E-state index in [2.05, 4.69) is 0 Å². The Morgan fingerprint density at radius 3 is 2.71 bits per heavy atom. The monoisotopic (exact) mass is 355 g/mol. The van der Waals surface area contributed by atoms with Gasteiger partial charge in [-0.25, -0.2) is 13.2 Å². The van der Waals surface area contributed by atoms with Gasteiger partial charge in [0.2, 0.25) is 0 Å². The lowest BCUT2D eigenvalue weighted by atomic mass is 10.1. The van der Waals surface area contributed by atoms with Crippen molar-refractivity contribution in [2.24, 2.45) is 0 Å². The van der Waals surface area contributed by atoms with Gasteiger partial charge in [-0.2, -0.15) is 0 Å². The van der Waals surface area contributed by atoms with Crippen LogP contribution < -0.4 is 0 Å². The predicted molar refractivity (Wildman–Crippen MR) is 64.5 cm³/mol. The molecule has 0 N–H and O–H groups in total. The van der Waals surface area contributed by atoms with Gasteiger partial charge >= 0.3 is 0 Å². The Morgan fingerprint density at radius 2 is 2.12 bits per heavy atom. The smallest absolute Gasteiger partial charge is 0.259 e. The van der Waals surface area contributed by atoms with Gasteiger partial charge in [-0.1, -0.05) is 0 Å². The number of hydrogen-bond acceptors (Lipinski definition) is 1. The maximum atomic E-state index is 13.7. The van der Waals surface area contributed by atoms with Crippen molar-refractivity contribution < 1.29 is 18.0 Å². The summed E-state index contributed by atoms with van der Waals surface area (Å²) in [6, 6.07) is 2.30. The Kier molecular flexibility index (Phi) is 3.60. The number of amides is 1. The molecule has 1 aliphatic rings. The minimum Gasteiger partial charge on any atom is -0.335 e. The Bertz CT molecular complexity index is 466. The van der Waals surface area contributed by atoms with Crippen LogP contribution in [-0.2, 0) is 0 Å². The zero-order valence-corrected chi connectivity index (χ0v) is 10.9. The largest absolute Gasteiger partial charge is 0.335 e. The fraction of sp³-hybridized carbons (Fsp3) is 0.364. The number of hydrogen-bond donors (Lipinski definition) is 0. The molecule has 1 unspecified atom stereocenters. The highest BCUT2D eigenvalue weighted by atomic mass is 127. The first-order valence-corrected chi connectivity index (χ1v) is 6.15. The number of alkyl halides is 1. The molecule has 1 amide bonds. The van der Waals surface area contributed by atoms with Crippen LogP contribution in [0, 0.1) is 15.2 Å². The number of likely N-dealkylation sites (tertiary alicyclic amines) is 1. The summed E-state index contributed by atoms with van der Waals surface area (Å²) < 4.78 is 40.2. The standard InChI is InChI=1S/C11H9F3INO/c12-6-3-4-16(5-6)11(17)9-7(13)1-2-8(15)10(9)14/h1-2,6H,3-5H2. The van der Waals surface area contributed by atoms with E-state index in [1.54, 1.807) is 22.6 Å². The first-order valence-electron chi connectivity index (χ1n) is 5.07. The zero-order chi connectivity index (χ0) is 12.6. The predicted octanol–water partition coefficient (Wildman–Crippen LogP) is 2.75. The van der Waals surface area contributed by atoms with Crippen molar-refractivity contribution in [1.29, 1.82) is 0 Å². The molecule has 6 heteroatoms. The van der Waals surface area contributed by atoms with E-state index >= 15 is 0 Å². The van der Waals surface area contributed by atoms with Crippen LogP contribution in [0.3, 0.4) is 0 Å². The molecule has 0 bridgehead atoms. The molecule has 1 atom stereocenters. The highest BCUT2D eigenvalue weighted by molar-refractivity contribution is 14.1. The third kappa shape index (κ3) is 2.41. The third-order valence-electron chi connectivity index (χ3n) is 2.68. The quantitative estimate of drug-likeness (QED) is 0.561. The van der Waals surface area contributed by atoms with Gasteiger partial charge in [0, 0.05) is 10.1 Å². The number of carbonyl (C=O) groups excluding carboxylic acids is 1. The number of halogens is 4. The lowest BCUT2D eigenvalue weighted by Gasteiger charge is -2.16. The van der Waals surface area contributed by atoms with Crippen molar-refractivity contribution in [3.05, 3.63) is 32.9 Å². The van der Waals surface area contributed by atoms with Crippen molar-refractivity contribution >= 4 is 28.5 Å². The van der Waals surface area contributed by atoms with Gasteiger partial charge in [-0.05, 0) is 41.1 Å². The zero-order valence-electron chi connectivity index (χ0n) is 8.72. The normalized spacial score (nSPS) is 19.8. The molecule has 2 rings (SSSR count). The van der Waals surface area contributed by atoms with Crippen LogP contribution in [-0.4, -0.2) is 30.1 Å². The molecule has 0 spiro atoms. The summed E-state index contributed by atoms with van der Waals surface area (Å²) in [4.78, 5) is 13.0. The van der Waals surface area contributed by atoms with Gasteiger partial charge in [0.25, 0.3) is 5.91 Å². The van der Waals surface area contributed by atoms with Crippen molar-refractivity contribution in [3.63, 3.8) is 0 Å². The van der Waals surface area contributed by atoms with Crippen LogP contribution in [0.2, 0.25) is 0 Å². The summed E-state index contributed by atoms with van der Waals surface area (Å²) in [5.41, 5.74) is -0.592. The lowest BCUT2D eigenvalue weighted by Crippen LogP contribution is -2.30. The minimum atomic E-state index is -1.10. The molecular weight excluding hydrogens is 346 g/mol. The molecular formula is C11H9F3INO. The van der Waals surface area contributed by atoms with Crippen LogP contribution in [0.4, 0.5) is 13.2 Å². The molecule has 1 aliphatic heterocycles. The summed E-state index contributed by atoms with van der Waals surface area (Å²) in [6.07, 6.45) is -0.883. The molecule has 0 saturated carbocycles. The van der Waals surface area contributed by atoms with E-state index in [0.717, 1.165) is 11.0 Å². The summed E-state index contributed by atoms with van der Waals surface area (Å²) in [7, 11) is 0. The summed E-state index contributed by atoms with van der Waals surface area (Å²) in [6.45, 7) is 0.105. The van der Waals surface area contributed by atoms with Crippen LogP contribution in [0.1, 0.15) is 16.8 Å². The van der Waals surface area contributed by atoms with Crippen LogP contribution >= 0.6 is 22.6 Å². The average Bonchev–Trinajstić information content (AvgIpc) is 2.71. The van der Waals surface area contributed by atoms with Crippen molar-refractivity contribution in [2.45, 2.75) is 12.6 Å². The SMILES string of the molecule is O=C(c1c(F)ccc(I)c1F)N1CCC(F)C1. The Balaban J connectivity index is 2.34. The van der Waals surface area contributed by atoms with E-state index in [0.29, 0.717) is 0 Å². The summed E-state index contributed by atoms with van der Waals surface area (Å²) in [5.74, 6) is -2.56. The van der Waals surface area contributed by atoms with Crippen molar-refractivity contribution in [3.8, 4) is 0 Å². The Labute approximate surface area is 110 Å². The molecule has 92 valence electrons. The maximum Gasteiger partial charge on any atom is 0.259 e. The van der Waals surface area contributed by atoms with E-state index in [1.807, 2.05) is 0 Å². The van der Waals surface area contributed by atoms with E-state index in [-0.39, 0.29) is 23.1 Å². The molecule has 0 radical (unpaired) electrons. The van der Waals surface area contributed by atoms with Crippen LogP contribution in [0.25, 0.3) is 0 Å². The van der Waals surface area contributed by atoms with Gasteiger partial charge in [0.15, 0.2) is 5.82 Å². The van der Waals surface area contributed by atoms with Gasteiger partial charge in [0.05, 0.1) is 6.54 Å². The van der Waals surface area contributed by atoms with Gasteiger partial charge in [-0.15, -0.1) is 0 Å². The van der Waals surface area contributed by atoms with Crippen molar-refractivity contribution in [1.82, 2.24) is 4.90 Å². The molecule has 1 saturated heterocycles. The fourth-order valence-electron chi connectivity index (χ4n) is 1.78. The van der Waals surface area contributed by atoms with Crippen LogP contribution in [0.5, 0.6) is 0 Å². The average molecular weight is 355 g/mol. The molecule has 17 heavy (non-hydrogen) atoms. The number of rotatable bonds is 1. The third-order valence-corrected chi connectivity index (χ3v) is 3.51. The van der Waals surface area contributed by atoms with Gasteiger partial charge < -0.3 is 4.90 Å². The summed E-state index contributed by atoms with van der Waals surface area (Å²) >= 11 is 1.68. The van der Waals surface area contributed by atoms with E-state index in [1.165, 1.54) is 6.07 Å². The first-order chi connectivity index (χ1) is 8.00. The van der Waals surface area contributed by atoms with Crippen molar-refractivity contribution in [2.75, 3.05) is 13.1 Å². The fourth-order valence-corrected chi connectivity index (χ4v) is 2.23. The molecule has 2 nitrogen and oxygen atoms in total. The maximum absolute atomic E-state index is 13.7. The summed E-state index contributed by atoms with van der Waals surface area (Å²) in [5, 5.41) is 0. The second-order valence-electron chi connectivity index (χ2n) is 3.86. The number of nitrogens with zero attached hydrogens (tertiary/aromatic N) is 1. The van der Waals surface area contributed by atoms with Gasteiger partial charge in [0.1, 0.15) is 17.6 Å². The molecule has 0 aromatic heterocycles. The second-order valence-corrected chi connectivity index (χ2v) is 5.02. The Morgan fingerprint density at radius 1 is 1.41 bits per heavy atom. The molecule has 1 fully saturated rings. The Hall–Kier alpha value is -0.790. The highest BCUT2D eigenvalue weighted by Crippen LogP contribution is 2.22. The van der Waals surface area contributed by atoms with Crippen LogP contribution in [0.15, 0.2) is 12.1 Å². The van der Waals surface area contributed by atoms with E-state index < -0.39 is 29.3 Å².